The van der Waals surface area contributed by atoms with Gasteiger partial charge in [0, 0.05) is 13.0 Å². The Morgan fingerprint density at radius 2 is 2.12 bits per heavy atom. The van der Waals surface area contributed by atoms with Crippen molar-refractivity contribution in [3.63, 3.8) is 0 Å². The van der Waals surface area contributed by atoms with Crippen LogP contribution in [0.2, 0.25) is 0 Å². The van der Waals surface area contributed by atoms with Crippen molar-refractivity contribution >= 4 is 0 Å². The van der Waals surface area contributed by atoms with Crippen LogP contribution in [-0.2, 0) is 0 Å². The summed E-state index contributed by atoms with van der Waals surface area (Å²) in [6.45, 7) is 2.07. The van der Waals surface area contributed by atoms with Gasteiger partial charge in [-0.1, -0.05) is 30.1 Å². The van der Waals surface area contributed by atoms with E-state index in [9.17, 15) is 5.11 Å². The zero-order chi connectivity index (χ0) is 12.1. The fourth-order valence-electron chi connectivity index (χ4n) is 0.891. The van der Waals surface area contributed by atoms with Crippen molar-refractivity contribution in [2.75, 3.05) is 6.61 Å². The van der Waals surface area contributed by atoms with E-state index in [1.165, 1.54) is 0 Å². The second-order valence-electron chi connectivity index (χ2n) is 3.14. The van der Waals surface area contributed by atoms with Gasteiger partial charge in [-0.05, 0) is 37.7 Å². The first kappa shape index (κ1) is 14.5. The third-order valence-electron chi connectivity index (χ3n) is 1.67. The van der Waals surface area contributed by atoms with Crippen molar-refractivity contribution in [3.05, 3.63) is 24.3 Å². The Kier molecular flexibility index (Phi) is 10.5. The molecule has 1 atom stereocenters. The molecule has 16 heavy (non-hydrogen) atoms. The molecule has 2 nitrogen and oxygen atoms in total. The summed E-state index contributed by atoms with van der Waals surface area (Å²) in [6, 6.07) is 0. The summed E-state index contributed by atoms with van der Waals surface area (Å²) in [5.41, 5.74) is 0. The number of allylic oxidation sites excluding steroid dienone is 3. The van der Waals surface area contributed by atoms with E-state index in [4.69, 9.17) is 5.11 Å². The summed E-state index contributed by atoms with van der Waals surface area (Å²) < 4.78 is 0. The normalized spacial score (nSPS) is 11.9. The number of aliphatic hydroxyl groups is 2. The monoisotopic (exact) mass is 218 g/mol. The number of unbranched alkanes of at least 4 members (excludes halogenated alkanes) is 1. The van der Waals surface area contributed by atoms with E-state index in [0.29, 0.717) is 6.42 Å². The zero-order valence-corrected chi connectivity index (χ0v) is 9.61. The van der Waals surface area contributed by atoms with Gasteiger partial charge in [0.05, 0.1) is 6.10 Å². The first-order valence-corrected chi connectivity index (χ1v) is 5.36. The minimum absolute atomic E-state index is 0.181. The Hall–Kier alpha value is -1.48. The van der Waals surface area contributed by atoms with Crippen LogP contribution in [0.1, 0.15) is 26.2 Å². The fraction of sp³-hybridized carbons (Fsp3) is 0.429. The predicted molar refractivity (Wildman–Crippen MR) is 66.4 cm³/mol. The number of rotatable bonds is 5. The Morgan fingerprint density at radius 3 is 2.81 bits per heavy atom. The second kappa shape index (κ2) is 11.6. The Balaban J connectivity index is 3.76. The molecule has 0 spiro atoms. The molecule has 0 aromatic rings. The topological polar surface area (TPSA) is 40.5 Å². The third kappa shape index (κ3) is 10.6. The number of aliphatic hydroxyl groups excluding tert-OH is 2. The Labute approximate surface area is 97.7 Å². The molecular weight excluding hydrogens is 200 g/mol. The summed E-state index contributed by atoms with van der Waals surface area (Å²) >= 11 is 0. The van der Waals surface area contributed by atoms with Crippen LogP contribution in [0, 0.1) is 23.7 Å². The molecule has 0 bridgehead atoms. The molecule has 0 fully saturated rings. The predicted octanol–water partition coefficient (Wildman–Crippen LogP) is 1.65. The molecule has 0 aromatic carbocycles. The lowest BCUT2D eigenvalue weighted by atomic mass is 10.2. The molecule has 0 heterocycles. The standard InChI is InChI=1S/C14H18O2/c1-2-3-4-5-6-8-11-14(16)12-9-7-10-13-15/h2-3,9,12,14-16H,7,10-11,13H2,1H3/b3-2+,12-9+. The van der Waals surface area contributed by atoms with Crippen molar-refractivity contribution in [1.29, 1.82) is 0 Å². The smallest absolute Gasteiger partial charge is 0.0830 e. The number of hydrogen-bond donors (Lipinski definition) is 2. The lowest BCUT2D eigenvalue weighted by molar-refractivity contribution is 0.228. The third-order valence-corrected chi connectivity index (χ3v) is 1.67. The van der Waals surface area contributed by atoms with Crippen molar-refractivity contribution in [3.8, 4) is 23.7 Å². The summed E-state index contributed by atoms with van der Waals surface area (Å²) in [7, 11) is 0. The quantitative estimate of drug-likeness (QED) is 0.418. The van der Waals surface area contributed by atoms with Crippen LogP contribution in [-0.4, -0.2) is 22.9 Å². The molecule has 0 aliphatic heterocycles. The van der Waals surface area contributed by atoms with Crippen molar-refractivity contribution in [1.82, 2.24) is 0 Å². The van der Waals surface area contributed by atoms with Crippen LogP contribution >= 0.6 is 0 Å². The molecule has 0 saturated carbocycles. The molecule has 86 valence electrons. The van der Waals surface area contributed by atoms with Crippen molar-refractivity contribution in [2.45, 2.75) is 32.3 Å². The summed E-state index contributed by atoms with van der Waals surface area (Å²) in [6.07, 6.45) is 8.46. The average molecular weight is 218 g/mol. The molecule has 0 aromatic heterocycles. The maximum absolute atomic E-state index is 9.44. The van der Waals surface area contributed by atoms with Gasteiger partial charge in [-0.15, -0.1) is 0 Å². The molecule has 0 rings (SSSR count). The largest absolute Gasteiger partial charge is 0.396 e. The Bertz CT molecular complexity index is 331. The van der Waals surface area contributed by atoms with Gasteiger partial charge in [0.2, 0.25) is 0 Å². The SMILES string of the molecule is C/C=C/C#CC#CCC(O)/C=C/CCCO. The van der Waals surface area contributed by atoms with Crippen LogP contribution in [0.4, 0.5) is 0 Å². The minimum atomic E-state index is -0.547. The first-order chi connectivity index (χ1) is 7.81. The van der Waals surface area contributed by atoms with Crippen LogP contribution in [0.3, 0.4) is 0 Å². The lowest BCUT2D eigenvalue weighted by Gasteiger charge is -1.97. The molecule has 2 heteroatoms. The van der Waals surface area contributed by atoms with Gasteiger partial charge < -0.3 is 10.2 Å². The second-order valence-corrected chi connectivity index (χ2v) is 3.14. The Morgan fingerprint density at radius 1 is 1.31 bits per heavy atom. The van der Waals surface area contributed by atoms with Gasteiger partial charge >= 0.3 is 0 Å². The average Bonchev–Trinajstić information content (AvgIpc) is 2.29. The fourth-order valence-corrected chi connectivity index (χ4v) is 0.891. The highest BCUT2D eigenvalue weighted by atomic mass is 16.3. The summed E-state index contributed by atoms with van der Waals surface area (Å²) in [4.78, 5) is 0. The van der Waals surface area contributed by atoms with Crippen LogP contribution in [0.15, 0.2) is 24.3 Å². The van der Waals surface area contributed by atoms with Crippen LogP contribution in [0.25, 0.3) is 0 Å². The highest BCUT2D eigenvalue weighted by molar-refractivity contribution is 5.30. The zero-order valence-electron chi connectivity index (χ0n) is 9.61. The van der Waals surface area contributed by atoms with E-state index in [1.54, 1.807) is 12.2 Å². The van der Waals surface area contributed by atoms with Crippen LogP contribution in [0.5, 0.6) is 0 Å². The van der Waals surface area contributed by atoms with E-state index in [0.717, 1.165) is 12.8 Å². The molecule has 0 aliphatic rings. The molecule has 0 aliphatic carbocycles. The molecule has 2 N–H and O–H groups in total. The molecule has 1 unspecified atom stereocenters. The molecule has 0 radical (unpaired) electrons. The maximum Gasteiger partial charge on any atom is 0.0830 e. The van der Waals surface area contributed by atoms with Gasteiger partial charge in [-0.3, -0.25) is 0 Å². The van der Waals surface area contributed by atoms with E-state index >= 15 is 0 Å². The summed E-state index contributed by atoms with van der Waals surface area (Å²) in [5.74, 6) is 10.8. The van der Waals surface area contributed by atoms with E-state index < -0.39 is 6.10 Å². The van der Waals surface area contributed by atoms with Gasteiger partial charge in [-0.2, -0.15) is 0 Å². The van der Waals surface area contributed by atoms with E-state index in [2.05, 4.69) is 23.7 Å². The van der Waals surface area contributed by atoms with Gasteiger partial charge in [0.1, 0.15) is 0 Å². The first-order valence-electron chi connectivity index (χ1n) is 5.36. The van der Waals surface area contributed by atoms with Gasteiger partial charge in [0.15, 0.2) is 0 Å². The molecular formula is C14H18O2. The lowest BCUT2D eigenvalue weighted by Crippen LogP contribution is -1.99. The van der Waals surface area contributed by atoms with E-state index in [-0.39, 0.29) is 6.61 Å². The van der Waals surface area contributed by atoms with Crippen LogP contribution < -0.4 is 0 Å². The van der Waals surface area contributed by atoms with Crippen molar-refractivity contribution in [2.24, 2.45) is 0 Å². The highest BCUT2D eigenvalue weighted by Gasteiger charge is 1.93. The van der Waals surface area contributed by atoms with Gasteiger partial charge in [0.25, 0.3) is 0 Å². The van der Waals surface area contributed by atoms with Gasteiger partial charge in [-0.25, -0.2) is 0 Å². The van der Waals surface area contributed by atoms with Crippen molar-refractivity contribution < 1.29 is 10.2 Å². The highest BCUT2D eigenvalue weighted by Crippen LogP contribution is 1.95. The minimum Gasteiger partial charge on any atom is -0.396 e. The molecule has 0 amide bonds. The maximum atomic E-state index is 9.44. The number of hydrogen-bond acceptors (Lipinski definition) is 2. The summed E-state index contributed by atoms with van der Waals surface area (Å²) in [5, 5.41) is 18.0. The van der Waals surface area contributed by atoms with E-state index in [1.807, 2.05) is 19.1 Å². The molecule has 0 saturated heterocycles.